The van der Waals surface area contributed by atoms with Gasteiger partial charge in [-0.2, -0.15) is 0 Å². The highest BCUT2D eigenvalue weighted by Crippen LogP contribution is 2.47. The van der Waals surface area contributed by atoms with Crippen molar-refractivity contribution in [2.75, 3.05) is 6.61 Å². The molecule has 1 rings (SSSR count). The van der Waals surface area contributed by atoms with Crippen LogP contribution >= 0.6 is 7.82 Å². The number of phosphoric acid groups is 1. The molecule has 0 aromatic heterocycles. The van der Waals surface area contributed by atoms with E-state index in [1.807, 2.05) is 0 Å². The highest BCUT2D eigenvalue weighted by molar-refractivity contribution is 7.47. The minimum absolute atomic E-state index is 0.268. The van der Waals surface area contributed by atoms with Crippen LogP contribution in [0.5, 0.6) is 0 Å². The Labute approximate surface area is 374 Å². The molecule has 1 aliphatic rings. The lowest BCUT2D eigenvalue weighted by Gasteiger charge is -2.41. The quantitative estimate of drug-likeness (QED) is 0.0161. The molecule has 0 aliphatic heterocycles. The smallest absolute Gasteiger partial charge is 0.393 e. The largest absolute Gasteiger partial charge is 0.472 e. The van der Waals surface area contributed by atoms with E-state index >= 15 is 0 Å². The molecule has 8 unspecified atom stereocenters. The summed E-state index contributed by atoms with van der Waals surface area (Å²) >= 11 is 0. The van der Waals surface area contributed by atoms with Crippen molar-refractivity contribution in [1.29, 1.82) is 0 Å². The van der Waals surface area contributed by atoms with E-state index in [0.29, 0.717) is 19.3 Å². The standard InChI is InChI=1S/C48H88NO12P/c1-3-5-7-9-11-13-15-17-19-20-21-22-24-26-28-30-32-34-36-41(51)40(38-60-62(58,59)61-48-46(56)44(54)43(53)45(55)47(48)57)49-42(52)37-39(50)35-33-31-29-27-25-23-18-16-14-12-10-8-6-4-2/h20-21,23,25-26,28,34,36,39-41,43-48,50-51,53-57H,3-19,22,24,27,29-33,35,37-38H2,1-2H3,(H,49,52)(H,58,59)/b21-20+,25-23-,28-26+,36-34+. The minimum Gasteiger partial charge on any atom is -0.393 e. The molecule has 362 valence electrons. The van der Waals surface area contributed by atoms with Crippen molar-refractivity contribution in [1.82, 2.24) is 5.32 Å². The molecule has 1 amide bonds. The Kier molecular flexibility index (Phi) is 35.2. The van der Waals surface area contributed by atoms with Crippen LogP contribution in [-0.4, -0.2) is 108 Å². The van der Waals surface area contributed by atoms with E-state index < -0.39 is 75.2 Å². The summed E-state index contributed by atoms with van der Waals surface area (Å²) in [6, 6.07) is -1.27. The van der Waals surface area contributed by atoms with Gasteiger partial charge in [0.15, 0.2) is 0 Å². The van der Waals surface area contributed by atoms with E-state index in [2.05, 4.69) is 55.6 Å². The van der Waals surface area contributed by atoms with Crippen molar-refractivity contribution in [3.05, 3.63) is 48.6 Å². The third-order valence-corrected chi connectivity index (χ3v) is 12.3. The van der Waals surface area contributed by atoms with Gasteiger partial charge in [-0.1, -0.05) is 159 Å². The highest BCUT2D eigenvalue weighted by Gasteiger charge is 2.51. The number of aliphatic hydroxyl groups is 7. The lowest BCUT2D eigenvalue weighted by Crippen LogP contribution is -2.64. The number of hydrogen-bond acceptors (Lipinski definition) is 11. The molecule has 14 heteroatoms. The zero-order valence-corrected chi connectivity index (χ0v) is 39.2. The number of amides is 1. The molecule has 1 saturated carbocycles. The molecule has 8 atom stereocenters. The number of carbonyl (C=O) groups excluding carboxylic acids is 1. The van der Waals surface area contributed by atoms with Crippen molar-refractivity contribution < 1.29 is 59.0 Å². The maximum atomic E-state index is 13.0. The Morgan fingerprint density at radius 2 is 0.952 bits per heavy atom. The summed E-state index contributed by atoms with van der Waals surface area (Å²) < 4.78 is 22.9. The van der Waals surface area contributed by atoms with E-state index in [1.165, 1.54) is 102 Å². The van der Waals surface area contributed by atoms with E-state index in [1.54, 1.807) is 6.08 Å². The first kappa shape index (κ1) is 58.3. The van der Waals surface area contributed by atoms with Crippen LogP contribution in [0.25, 0.3) is 0 Å². The first-order valence-electron chi connectivity index (χ1n) is 24.2. The van der Waals surface area contributed by atoms with Gasteiger partial charge < -0.3 is 46.0 Å². The normalized spacial score (nSPS) is 23.5. The summed E-state index contributed by atoms with van der Waals surface area (Å²) in [6.07, 6.45) is 30.6. The van der Waals surface area contributed by atoms with Gasteiger partial charge in [-0.3, -0.25) is 13.8 Å². The molecule has 1 fully saturated rings. The molecule has 0 radical (unpaired) electrons. The monoisotopic (exact) mass is 902 g/mol. The number of nitrogens with one attached hydrogen (secondary N) is 1. The van der Waals surface area contributed by atoms with Gasteiger partial charge in [-0.25, -0.2) is 4.57 Å². The number of phosphoric ester groups is 1. The van der Waals surface area contributed by atoms with Crippen molar-refractivity contribution in [3.8, 4) is 0 Å². The predicted octanol–water partition coefficient (Wildman–Crippen LogP) is 8.31. The first-order valence-corrected chi connectivity index (χ1v) is 25.7. The zero-order valence-electron chi connectivity index (χ0n) is 38.3. The fraction of sp³-hybridized carbons (Fsp3) is 0.812. The zero-order chi connectivity index (χ0) is 45.9. The van der Waals surface area contributed by atoms with Crippen molar-refractivity contribution >= 4 is 13.7 Å². The summed E-state index contributed by atoms with van der Waals surface area (Å²) in [5.41, 5.74) is 0. The number of allylic oxidation sites excluding steroid dienone is 7. The number of carbonyl (C=O) groups is 1. The molecule has 9 N–H and O–H groups in total. The molecule has 0 spiro atoms. The molecular weight excluding hydrogens is 813 g/mol. The fourth-order valence-electron chi connectivity index (χ4n) is 7.38. The molecule has 0 aromatic rings. The SMILES string of the molecule is CCCCCCCCC/C=C\CCCCCC(O)CC(=O)NC(COP(=O)(O)OC1C(O)C(O)C(O)C(O)C1O)C(O)/C=C/CC/C=C/CC/C=C/CCCCCCCCCC. The summed E-state index contributed by atoms with van der Waals surface area (Å²) in [5.74, 6) is -0.617. The van der Waals surface area contributed by atoms with E-state index in [9.17, 15) is 50.0 Å². The van der Waals surface area contributed by atoms with Crippen LogP contribution in [0.2, 0.25) is 0 Å². The molecule has 13 nitrogen and oxygen atoms in total. The maximum absolute atomic E-state index is 13.0. The van der Waals surface area contributed by atoms with Crippen LogP contribution in [0.4, 0.5) is 0 Å². The van der Waals surface area contributed by atoms with Gasteiger partial charge in [0.2, 0.25) is 5.91 Å². The van der Waals surface area contributed by atoms with Crippen LogP contribution in [0, 0.1) is 0 Å². The third-order valence-electron chi connectivity index (χ3n) is 11.4. The van der Waals surface area contributed by atoms with Crippen molar-refractivity contribution in [2.45, 2.75) is 242 Å². The molecule has 0 saturated heterocycles. The third kappa shape index (κ3) is 28.9. The molecule has 0 aromatic carbocycles. The van der Waals surface area contributed by atoms with E-state index in [4.69, 9.17) is 9.05 Å². The minimum atomic E-state index is -5.16. The predicted molar refractivity (Wildman–Crippen MR) is 247 cm³/mol. The lowest BCUT2D eigenvalue weighted by atomic mass is 9.85. The van der Waals surface area contributed by atoms with Gasteiger partial charge in [0.05, 0.1) is 31.3 Å². The highest BCUT2D eigenvalue weighted by atomic mass is 31.2. The Balaban J connectivity index is 2.59. The summed E-state index contributed by atoms with van der Waals surface area (Å²) in [4.78, 5) is 23.4. The molecule has 62 heavy (non-hydrogen) atoms. The van der Waals surface area contributed by atoms with Crippen molar-refractivity contribution in [2.24, 2.45) is 0 Å². The second kappa shape index (κ2) is 37.5. The molecule has 1 aliphatic carbocycles. The van der Waals surface area contributed by atoms with Crippen LogP contribution < -0.4 is 5.32 Å². The van der Waals surface area contributed by atoms with Crippen LogP contribution in [0.1, 0.15) is 187 Å². The van der Waals surface area contributed by atoms with Crippen LogP contribution in [0.15, 0.2) is 48.6 Å². The number of unbranched alkanes of at least 4 members (excludes halogenated alkanes) is 20. The van der Waals surface area contributed by atoms with Crippen LogP contribution in [-0.2, 0) is 18.4 Å². The first-order chi connectivity index (χ1) is 29.8. The Morgan fingerprint density at radius 1 is 0.565 bits per heavy atom. The van der Waals surface area contributed by atoms with Gasteiger partial charge in [0, 0.05) is 0 Å². The average Bonchev–Trinajstić information content (AvgIpc) is 3.24. The number of rotatable bonds is 39. The molecule has 0 bridgehead atoms. The second-order valence-electron chi connectivity index (χ2n) is 17.1. The Morgan fingerprint density at radius 3 is 1.42 bits per heavy atom. The lowest BCUT2D eigenvalue weighted by molar-refractivity contribution is -0.220. The number of hydrogen-bond donors (Lipinski definition) is 9. The van der Waals surface area contributed by atoms with Gasteiger partial charge in [-0.15, -0.1) is 0 Å². The Bertz CT molecular complexity index is 1250. The summed E-state index contributed by atoms with van der Waals surface area (Å²) in [7, 11) is -5.16. The van der Waals surface area contributed by atoms with E-state index in [0.717, 1.165) is 51.4 Å². The van der Waals surface area contributed by atoms with E-state index in [-0.39, 0.29) is 6.42 Å². The van der Waals surface area contributed by atoms with Crippen LogP contribution in [0.3, 0.4) is 0 Å². The molecular formula is C48H88NO12P. The second-order valence-corrected chi connectivity index (χ2v) is 18.5. The van der Waals surface area contributed by atoms with Gasteiger partial charge in [-0.05, 0) is 70.6 Å². The molecule has 0 heterocycles. The summed E-state index contributed by atoms with van der Waals surface area (Å²) in [6.45, 7) is 3.71. The van der Waals surface area contributed by atoms with Crippen molar-refractivity contribution in [3.63, 3.8) is 0 Å². The summed E-state index contributed by atoms with van der Waals surface area (Å²) in [5, 5.41) is 74.5. The fourth-order valence-corrected chi connectivity index (χ4v) is 8.35. The topological polar surface area (TPSA) is 226 Å². The van der Waals surface area contributed by atoms with Gasteiger partial charge in [0.25, 0.3) is 0 Å². The number of aliphatic hydroxyl groups excluding tert-OH is 7. The maximum Gasteiger partial charge on any atom is 0.472 e. The Hall–Kier alpha value is -1.74. The van der Waals surface area contributed by atoms with Gasteiger partial charge in [0.1, 0.15) is 36.6 Å². The average molecular weight is 902 g/mol. The van der Waals surface area contributed by atoms with Gasteiger partial charge >= 0.3 is 7.82 Å².